The number of rotatable bonds is 5. The Kier molecular flexibility index (Phi) is 3.95. The summed E-state index contributed by atoms with van der Waals surface area (Å²) in [5.74, 6) is 2.47. The number of hydrogen-bond acceptors (Lipinski definition) is 3. The smallest absolute Gasteiger partial charge is 0.253 e. The van der Waals surface area contributed by atoms with Gasteiger partial charge in [-0.2, -0.15) is 0 Å². The summed E-state index contributed by atoms with van der Waals surface area (Å²) in [5.41, 5.74) is 2.88. The molecule has 4 fully saturated rings. The zero-order chi connectivity index (χ0) is 15.0. The van der Waals surface area contributed by atoms with E-state index in [1.54, 1.807) is 19.1 Å². The molecule has 0 aromatic rings. The average molecular weight is 293 g/mol. The quantitative estimate of drug-likeness (QED) is 0.751. The molecule has 2 N–H and O–H groups in total. The molecule has 4 aliphatic rings. The summed E-state index contributed by atoms with van der Waals surface area (Å²) in [4.78, 5) is 23.8. The van der Waals surface area contributed by atoms with Gasteiger partial charge >= 0.3 is 0 Å². The lowest BCUT2D eigenvalue weighted by Gasteiger charge is -2.56. The fourth-order valence-electron chi connectivity index (χ4n) is 5.38. The molecule has 0 atom stereocenters. The molecule has 0 aromatic heterocycles. The van der Waals surface area contributed by atoms with Crippen LogP contribution in [0.3, 0.4) is 0 Å². The maximum Gasteiger partial charge on any atom is 0.253 e. The van der Waals surface area contributed by atoms with Crippen LogP contribution in [0.25, 0.3) is 0 Å². The summed E-state index contributed by atoms with van der Waals surface area (Å²) in [7, 11) is 3.52. The highest BCUT2D eigenvalue weighted by atomic mass is 16.2. The Hall–Kier alpha value is -1.10. The first-order valence-corrected chi connectivity index (χ1v) is 8.18. The fraction of sp³-hybridized carbons (Fsp3) is 0.875. The Balaban J connectivity index is 1.50. The molecule has 21 heavy (non-hydrogen) atoms. The number of nitrogens with one attached hydrogen (secondary N) is 2. The van der Waals surface area contributed by atoms with E-state index in [4.69, 9.17) is 0 Å². The third kappa shape index (κ3) is 3.39. The second-order valence-electron chi connectivity index (χ2n) is 7.80. The first-order valence-electron chi connectivity index (χ1n) is 8.18. The summed E-state index contributed by atoms with van der Waals surface area (Å²) in [6.07, 6.45) is 8.50. The standard InChI is InChI=1S/C16H27N3O2/c1-19(2)18-15(21)10-17-14(20)9-16-6-11-3-12(7-16)5-13(4-11)8-16/h11-13H,3-10H2,1-2H3,(H,17,20)(H,18,21). The van der Waals surface area contributed by atoms with Crippen molar-refractivity contribution in [3.8, 4) is 0 Å². The Bertz CT molecular complexity index is 398. The Morgan fingerprint density at radius 1 is 1.00 bits per heavy atom. The third-order valence-corrected chi connectivity index (χ3v) is 5.50. The Morgan fingerprint density at radius 3 is 2.00 bits per heavy atom. The second-order valence-corrected chi connectivity index (χ2v) is 7.80. The molecule has 0 aliphatic heterocycles. The number of hydrogen-bond donors (Lipinski definition) is 2. The van der Waals surface area contributed by atoms with Crippen LogP contribution in [0.2, 0.25) is 0 Å². The lowest BCUT2D eigenvalue weighted by atomic mass is 9.49. The van der Waals surface area contributed by atoms with E-state index in [0.29, 0.717) is 6.42 Å². The zero-order valence-corrected chi connectivity index (χ0v) is 13.2. The van der Waals surface area contributed by atoms with E-state index in [9.17, 15) is 9.59 Å². The van der Waals surface area contributed by atoms with Gasteiger partial charge in [-0.05, 0) is 61.7 Å². The fourth-order valence-corrected chi connectivity index (χ4v) is 5.38. The lowest BCUT2D eigenvalue weighted by molar-refractivity contribution is -0.132. The minimum atomic E-state index is -0.168. The summed E-state index contributed by atoms with van der Waals surface area (Å²) in [6.45, 7) is 0.0728. The van der Waals surface area contributed by atoms with Crippen LogP contribution in [-0.2, 0) is 9.59 Å². The van der Waals surface area contributed by atoms with Gasteiger partial charge in [-0.3, -0.25) is 15.0 Å². The predicted octanol–water partition coefficient (Wildman–Crippen LogP) is 1.30. The van der Waals surface area contributed by atoms with Crippen molar-refractivity contribution in [2.75, 3.05) is 20.6 Å². The number of carbonyl (C=O) groups excluding carboxylic acids is 2. The van der Waals surface area contributed by atoms with Gasteiger partial charge in [0.2, 0.25) is 5.91 Å². The topological polar surface area (TPSA) is 61.4 Å². The molecule has 0 aromatic carbocycles. The minimum Gasteiger partial charge on any atom is -0.347 e. The molecule has 5 nitrogen and oxygen atoms in total. The van der Waals surface area contributed by atoms with Crippen LogP contribution in [0.15, 0.2) is 0 Å². The van der Waals surface area contributed by atoms with E-state index in [1.165, 1.54) is 38.5 Å². The van der Waals surface area contributed by atoms with E-state index in [0.717, 1.165) is 17.8 Å². The van der Waals surface area contributed by atoms with Crippen LogP contribution in [0, 0.1) is 23.2 Å². The predicted molar refractivity (Wildman–Crippen MR) is 80.1 cm³/mol. The molecule has 4 saturated carbocycles. The Morgan fingerprint density at radius 2 is 1.52 bits per heavy atom. The van der Waals surface area contributed by atoms with Crippen molar-refractivity contribution in [2.45, 2.75) is 44.9 Å². The monoisotopic (exact) mass is 293 g/mol. The number of amides is 2. The highest BCUT2D eigenvalue weighted by Crippen LogP contribution is 2.61. The molecule has 0 saturated heterocycles. The van der Waals surface area contributed by atoms with Gasteiger partial charge in [-0.25, -0.2) is 5.01 Å². The molecule has 0 heterocycles. The molecular weight excluding hydrogens is 266 g/mol. The van der Waals surface area contributed by atoms with Crippen molar-refractivity contribution in [3.63, 3.8) is 0 Å². The molecule has 5 heteroatoms. The molecule has 0 radical (unpaired) electrons. The van der Waals surface area contributed by atoms with Crippen molar-refractivity contribution >= 4 is 11.8 Å². The highest BCUT2D eigenvalue weighted by Gasteiger charge is 2.51. The van der Waals surface area contributed by atoms with Gasteiger partial charge < -0.3 is 5.32 Å². The van der Waals surface area contributed by atoms with Gasteiger partial charge in [0.25, 0.3) is 5.91 Å². The maximum absolute atomic E-state index is 12.2. The number of hydrazine groups is 1. The van der Waals surface area contributed by atoms with Crippen molar-refractivity contribution in [2.24, 2.45) is 23.2 Å². The molecule has 0 unspecified atom stereocenters. The van der Waals surface area contributed by atoms with Crippen LogP contribution in [0.5, 0.6) is 0 Å². The third-order valence-electron chi connectivity index (χ3n) is 5.50. The van der Waals surface area contributed by atoms with Gasteiger partial charge in [0, 0.05) is 20.5 Å². The molecule has 4 rings (SSSR count). The molecule has 118 valence electrons. The molecule has 4 aliphatic carbocycles. The largest absolute Gasteiger partial charge is 0.347 e. The van der Waals surface area contributed by atoms with Gasteiger partial charge in [-0.1, -0.05) is 0 Å². The van der Waals surface area contributed by atoms with E-state index in [-0.39, 0.29) is 23.8 Å². The van der Waals surface area contributed by atoms with E-state index in [2.05, 4.69) is 10.7 Å². The van der Waals surface area contributed by atoms with Crippen molar-refractivity contribution in [3.05, 3.63) is 0 Å². The first kappa shape index (κ1) is 14.8. The van der Waals surface area contributed by atoms with Crippen LogP contribution >= 0.6 is 0 Å². The zero-order valence-electron chi connectivity index (χ0n) is 13.2. The summed E-state index contributed by atoms with van der Waals surface area (Å²) >= 11 is 0. The Labute approximate surface area is 126 Å². The van der Waals surface area contributed by atoms with Crippen molar-refractivity contribution in [1.29, 1.82) is 0 Å². The normalized spacial score (nSPS) is 36.8. The van der Waals surface area contributed by atoms with Crippen LogP contribution in [-0.4, -0.2) is 37.5 Å². The van der Waals surface area contributed by atoms with Crippen molar-refractivity contribution in [1.82, 2.24) is 15.8 Å². The van der Waals surface area contributed by atoms with E-state index < -0.39 is 0 Å². The summed E-state index contributed by atoms with van der Waals surface area (Å²) < 4.78 is 0. The highest BCUT2D eigenvalue weighted by molar-refractivity contribution is 5.84. The number of carbonyl (C=O) groups is 2. The molecule has 0 spiro atoms. The average Bonchev–Trinajstić information content (AvgIpc) is 2.33. The van der Waals surface area contributed by atoms with Gasteiger partial charge in [-0.15, -0.1) is 0 Å². The van der Waals surface area contributed by atoms with Gasteiger partial charge in [0.05, 0.1) is 6.54 Å². The van der Waals surface area contributed by atoms with E-state index in [1.807, 2.05) is 0 Å². The maximum atomic E-state index is 12.2. The summed E-state index contributed by atoms with van der Waals surface area (Å²) in [5, 5.41) is 4.38. The second kappa shape index (κ2) is 5.59. The minimum absolute atomic E-state index is 0.0471. The van der Waals surface area contributed by atoms with Crippen LogP contribution in [0.1, 0.15) is 44.9 Å². The van der Waals surface area contributed by atoms with Gasteiger partial charge in [0.1, 0.15) is 0 Å². The first-order chi connectivity index (χ1) is 9.94. The molecule has 2 amide bonds. The summed E-state index contributed by atoms with van der Waals surface area (Å²) in [6, 6.07) is 0. The van der Waals surface area contributed by atoms with Gasteiger partial charge in [0.15, 0.2) is 0 Å². The number of nitrogens with zero attached hydrogens (tertiary/aromatic N) is 1. The SMILES string of the molecule is CN(C)NC(=O)CNC(=O)CC12CC3CC(CC(C3)C1)C2. The van der Waals surface area contributed by atoms with Crippen molar-refractivity contribution < 1.29 is 9.59 Å². The van der Waals surface area contributed by atoms with Crippen LogP contribution < -0.4 is 10.7 Å². The van der Waals surface area contributed by atoms with E-state index >= 15 is 0 Å². The molecule has 4 bridgehead atoms. The lowest BCUT2D eigenvalue weighted by Crippen LogP contribution is -2.49. The molecular formula is C16H27N3O2. The van der Waals surface area contributed by atoms with Crippen LogP contribution in [0.4, 0.5) is 0 Å².